The summed E-state index contributed by atoms with van der Waals surface area (Å²) in [4.78, 5) is 30.2. The van der Waals surface area contributed by atoms with Crippen LogP contribution in [0.5, 0.6) is 0 Å². The molecule has 0 aliphatic rings. The number of ether oxygens (including phenoxy) is 1. The Labute approximate surface area is 216 Å². The van der Waals surface area contributed by atoms with Gasteiger partial charge in [-0.05, 0) is 36.2 Å². The molecule has 4 aromatic rings. The number of benzene rings is 2. The predicted octanol–water partition coefficient (Wildman–Crippen LogP) is 6.84. The summed E-state index contributed by atoms with van der Waals surface area (Å²) in [5, 5.41) is 11.2. The van der Waals surface area contributed by atoms with Crippen LogP contribution in [0.25, 0.3) is 16.7 Å². The van der Waals surface area contributed by atoms with E-state index >= 15 is 0 Å². The first-order chi connectivity index (χ1) is 16.7. The fraction of sp³-hybridized carbons (Fsp3) is 0.167. The number of pyridine rings is 1. The van der Waals surface area contributed by atoms with E-state index in [2.05, 4.69) is 20.7 Å². The maximum absolute atomic E-state index is 13.6. The highest BCUT2D eigenvalue weighted by molar-refractivity contribution is 6.38. The second kappa shape index (κ2) is 10.5. The summed E-state index contributed by atoms with van der Waals surface area (Å²) in [5.41, 5.74) is 1.07. The van der Waals surface area contributed by atoms with Crippen LogP contribution in [0.2, 0.25) is 15.1 Å². The lowest BCUT2D eigenvalue weighted by atomic mass is 10.2. The quantitative estimate of drug-likeness (QED) is 0.283. The second-order valence-corrected chi connectivity index (χ2v) is 9.22. The van der Waals surface area contributed by atoms with Crippen molar-refractivity contribution in [3.8, 4) is 5.82 Å². The molecular formula is C24H20Cl3N5O3. The molecule has 2 aromatic carbocycles. The molecule has 2 amide bonds. The van der Waals surface area contributed by atoms with Crippen molar-refractivity contribution in [3.05, 3.63) is 75.5 Å². The smallest absolute Gasteiger partial charge is 0.411 e. The summed E-state index contributed by atoms with van der Waals surface area (Å²) in [7, 11) is 0. The van der Waals surface area contributed by atoms with Crippen LogP contribution in [0.4, 0.5) is 16.2 Å². The Morgan fingerprint density at radius 1 is 1.03 bits per heavy atom. The van der Waals surface area contributed by atoms with E-state index in [0.29, 0.717) is 15.9 Å². The molecule has 8 nitrogen and oxygen atoms in total. The van der Waals surface area contributed by atoms with Gasteiger partial charge in [0.1, 0.15) is 5.69 Å². The monoisotopic (exact) mass is 531 g/mol. The zero-order valence-corrected chi connectivity index (χ0v) is 20.9. The lowest BCUT2D eigenvalue weighted by Crippen LogP contribution is -2.21. The van der Waals surface area contributed by atoms with Crippen LogP contribution in [-0.4, -0.2) is 33.4 Å². The highest BCUT2D eigenvalue weighted by Crippen LogP contribution is 2.35. The zero-order chi connectivity index (χ0) is 25.1. The number of hydrogen-bond donors (Lipinski definition) is 2. The van der Waals surface area contributed by atoms with Crippen LogP contribution in [0, 0.1) is 5.92 Å². The molecule has 0 saturated carbocycles. The van der Waals surface area contributed by atoms with Gasteiger partial charge in [-0.3, -0.25) is 10.1 Å². The Bertz CT molecular complexity index is 1420. The zero-order valence-electron chi connectivity index (χ0n) is 18.7. The molecule has 11 heteroatoms. The summed E-state index contributed by atoms with van der Waals surface area (Å²) in [6, 6.07) is 13.4. The number of nitrogens with zero attached hydrogens (tertiary/aromatic N) is 3. The molecule has 0 aliphatic carbocycles. The molecule has 0 radical (unpaired) electrons. The van der Waals surface area contributed by atoms with Gasteiger partial charge in [0.05, 0.1) is 33.5 Å². The molecule has 180 valence electrons. The van der Waals surface area contributed by atoms with E-state index in [0.717, 1.165) is 0 Å². The van der Waals surface area contributed by atoms with Crippen LogP contribution in [0.1, 0.15) is 24.3 Å². The molecule has 0 saturated heterocycles. The van der Waals surface area contributed by atoms with E-state index in [9.17, 15) is 9.59 Å². The number of amides is 2. The molecule has 0 unspecified atom stereocenters. The van der Waals surface area contributed by atoms with Gasteiger partial charge in [-0.25, -0.2) is 14.5 Å². The number of carbonyl (C=O) groups is 2. The highest BCUT2D eigenvalue weighted by atomic mass is 35.5. The molecule has 35 heavy (non-hydrogen) atoms. The third-order valence-electron chi connectivity index (χ3n) is 4.81. The van der Waals surface area contributed by atoms with Gasteiger partial charge in [-0.15, -0.1) is 0 Å². The number of halogens is 3. The van der Waals surface area contributed by atoms with Crippen molar-refractivity contribution in [2.75, 3.05) is 17.2 Å². The van der Waals surface area contributed by atoms with E-state index in [4.69, 9.17) is 39.5 Å². The minimum atomic E-state index is -0.705. The van der Waals surface area contributed by atoms with Crippen molar-refractivity contribution in [3.63, 3.8) is 0 Å². The second-order valence-electron chi connectivity index (χ2n) is 7.97. The topological polar surface area (TPSA) is 98.1 Å². The molecule has 4 rings (SSSR count). The minimum absolute atomic E-state index is 0.122. The van der Waals surface area contributed by atoms with E-state index < -0.39 is 12.0 Å². The van der Waals surface area contributed by atoms with Gasteiger partial charge >= 0.3 is 6.09 Å². The average molecular weight is 533 g/mol. The fourth-order valence-corrected chi connectivity index (χ4v) is 4.04. The number of aromatic nitrogens is 3. The van der Waals surface area contributed by atoms with Crippen molar-refractivity contribution < 1.29 is 14.3 Å². The van der Waals surface area contributed by atoms with Crippen LogP contribution < -0.4 is 10.6 Å². The SMILES string of the molecule is CC(C)COC(=O)Nc1cc(Cl)cc(Cl)c1NC(=O)c1c2ccccc2nn1-c1ncccc1Cl. The van der Waals surface area contributed by atoms with Crippen molar-refractivity contribution >= 4 is 69.1 Å². The largest absolute Gasteiger partial charge is 0.449 e. The number of carbonyl (C=O) groups excluding carboxylic acids is 2. The molecule has 0 aliphatic heterocycles. The molecule has 2 heterocycles. The first-order valence-electron chi connectivity index (χ1n) is 10.6. The van der Waals surface area contributed by atoms with Gasteiger partial charge < -0.3 is 10.1 Å². The molecule has 0 atom stereocenters. The predicted molar refractivity (Wildman–Crippen MR) is 138 cm³/mol. The third-order valence-corrected chi connectivity index (χ3v) is 5.62. The number of hydrogen-bond acceptors (Lipinski definition) is 5. The third kappa shape index (κ3) is 5.51. The Morgan fingerprint density at radius 3 is 2.54 bits per heavy atom. The van der Waals surface area contributed by atoms with Crippen molar-refractivity contribution in [2.24, 2.45) is 5.92 Å². The first-order valence-corrected chi connectivity index (χ1v) is 11.7. The first kappa shape index (κ1) is 24.8. The Balaban J connectivity index is 1.75. The van der Waals surface area contributed by atoms with Gasteiger partial charge in [0.2, 0.25) is 0 Å². The standard InChI is InChI=1S/C24H20Cl3N5O3/c1-13(2)12-35-24(34)29-19-11-14(25)10-17(27)20(19)30-23(33)21-15-6-3-4-8-18(15)31-32(21)22-16(26)7-5-9-28-22/h3-11,13H,12H2,1-2H3,(H,29,34)(H,30,33). The van der Waals surface area contributed by atoms with Crippen molar-refractivity contribution in [2.45, 2.75) is 13.8 Å². The lowest BCUT2D eigenvalue weighted by Gasteiger charge is -2.16. The molecule has 2 N–H and O–H groups in total. The number of fused-ring (bicyclic) bond motifs is 1. The van der Waals surface area contributed by atoms with Crippen LogP contribution in [-0.2, 0) is 4.74 Å². The summed E-state index contributed by atoms with van der Waals surface area (Å²) >= 11 is 18.9. The van der Waals surface area contributed by atoms with Crippen LogP contribution in [0.15, 0.2) is 54.7 Å². The number of rotatable bonds is 6. The normalized spacial score (nSPS) is 11.0. The molecular weight excluding hydrogens is 513 g/mol. The number of nitrogens with one attached hydrogen (secondary N) is 2. The van der Waals surface area contributed by atoms with Gasteiger partial charge in [0.25, 0.3) is 5.91 Å². The van der Waals surface area contributed by atoms with Crippen LogP contribution >= 0.6 is 34.8 Å². The molecule has 0 spiro atoms. The van der Waals surface area contributed by atoms with Gasteiger partial charge in [-0.2, -0.15) is 5.10 Å². The van der Waals surface area contributed by atoms with Crippen LogP contribution in [0.3, 0.4) is 0 Å². The maximum Gasteiger partial charge on any atom is 0.411 e. The highest BCUT2D eigenvalue weighted by Gasteiger charge is 2.24. The molecule has 0 bridgehead atoms. The minimum Gasteiger partial charge on any atom is -0.449 e. The molecule has 0 fully saturated rings. The summed E-state index contributed by atoms with van der Waals surface area (Å²) in [6.07, 6.45) is 0.846. The molecule has 2 aromatic heterocycles. The lowest BCUT2D eigenvalue weighted by molar-refractivity contribution is 0.102. The number of anilines is 2. The Hall–Kier alpha value is -3.33. The Morgan fingerprint density at radius 2 is 1.80 bits per heavy atom. The van der Waals surface area contributed by atoms with Crippen molar-refractivity contribution in [1.82, 2.24) is 14.8 Å². The van der Waals surface area contributed by atoms with E-state index in [1.54, 1.807) is 36.5 Å². The van der Waals surface area contributed by atoms with Gasteiger partial charge in [-0.1, -0.05) is 66.8 Å². The summed E-state index contributed by atoms with van der Waals surface area (Å²) in [6.45, 7) is 4.05. The summed E-state index contributed by atoms with van der Waals surface area (Å²) in [5.74, 6) is -0.119. The average Bonchev–Trinajstić information content (AvgIpc) is 3.19. The Kier molecular flexibility index (Phi) is 7.45. The van der Waals surface area contributed by atoms with E-state index in [1.165, 1.54) is 16.8 Å². The van der Waals surface area contributed by atoms with Gasteiger partial charge in [0.15, 0.2) is 5.82 Å². The van der Waals surface area contributed by atoms with E-state index in [-0.39, 0.29) is 45.5 Å². The summed E-state index contributed by atoms with van der Waals surface area (Å²) < 4.78 is 6.55. The maximum atomic E-state index is 13.6. The van der Waals surface area contributed by atoms with E-state index in [1.807, 2.05) is 19.9 Å². The van der Waals surface area contributed by atoms with Crippen molar-refractivity contribution in [1.29, 1.82) is 0 Å². The fourth-order valence-electron chi connectivity index (χ4n) is 3.30. The van der Waals surface area contributed by atoms with Gasteiger partial charge in [0, 0.05) is 16.6 Å².